The third-order valence-electron chi connectivity index (χ3n) is 6.91. The average Bonchev–Trinajstić information content (AvgIpc) is 3.51. The molecule has 1 saturated heterocycles. The highest BCUT2D eigenvalue weighted by molar-refractivity contribution is 5.69. The van der Waals surface area contributed by atoms with Crippen LogP contribution in [0.2, 0.25) is 0 Å². The fourth-order valence-corrected chi connectivity index (χ4v) is 5.12. The van der Waals surface area contributed by atoms with E-state index >= 15 is 0 Å². The first-order valence-electron chi connectivity index (χ1n) is 12.2. The summed E-state index contributed by atoms with van der Waals surface area (Å²) < 4.78 is 41.7. The first kappa shape index (κ1) is 24.9. The number of nitrogens with zero attached hydrogens (tertiary/aromatic N) is 5. The summed E-state index contributed by atoms with van der Waals surface area (Å²) >= 11 is 0. The molecule has 1 spiro atoms. The molecule has 2 aliphatic heterocycles. The number of likely N-dealkylation sites (tertiary alicyclic amines) is 1. The molecule has 3 aromatic heterocycles. The van der Waals surface area contributed by atoms with Crippen LogP contribution in [0, 0.1) is 11.6 Å². The Balaban J connectivity index is 1.38. The number of fused-ring (bicyclic) bond motifs is 2. The van der Waals surface area contributed by atoms with Crippen LogP contribution in [0.4, 0.5) is 19.4 Å². The molecule has 2 N–H and O–H groups in total. The van der Waals surface area contributed by atoms with Crippen molar-refractivity contribution < 1.29 is 23.0 Å². The van der Waals surface area contributed by atoms with Gasteiger partial charge in [0, 0.05) is 42.5 Å². The van der Waals surface area contributed by atoms with Crippen LogP contribution < -0.4 is 10.5 Å². The SMILES string of the molecule is C[C@@H](Oc1cc(-c2cc3n(n2)CC[C@@]32CCN(C(=O)OC(C)(C)C)C2)cnc1N)c1c(F)cncc1F. The molecule has 1 amide bonds. The molecule has 0 aliphatic carbocycles. The third kappa shape index (κ3) is 4.70. The van der Waals surface area contributed by atoms with E-state index in [2.05, 4.69) is 9.97 Å². The molecule has 0 aromatic carbocycles. The molecule has 3 aromatic rings. The maximum atomic E-state index is 14.2. The highest BCUT2D eigenvalue weighted by atomic mass is 19.1. The molecule has 2 atom stereocenters. The van der Waals surface area contributed by atoms with Crippen molar-refractivity contribution in [3.05, 3.63) is 53.6 Å². The van der Waals surface area contributed by atoms with E-state index in [1.807, 2.05) is 31.5 Å². The second kappa shape index (κ2) is 8.97. The number of nitrogen functional groups attached to an aromatic ring is 1. The summed E-state index contributed by atoms with van der Waals surface area (Å²) in [4.78, 5) is 22.1. The number of halogens is 2. The van der Waals surface area contributed by atoms with E-state index in [1.165, 1.54) is 6.92 Å². The molecule has 11 heteroatoms. The van der Waals surface area contributed by atoms with E-state index in [-0.39, 0.29) is 28.6 Å². The Hall–Kier alpha value is -3.76. The quantitative estimate of drug-likeness (QED) is 0.543. The fraction of sp³-hybridized carbons (Fsp3) is 0.462. The van der Waals surface area contributed by atoms with Crippen LogP contribution >= 0.6 is 0 Å². The first-order chi connectivity index (χ1) is 17.5. The molecular formula is C26H30F2N6O3. The monoisotopic (exact) mass is 512 g/mol. The van der Waals surface area contributed by atoms with E-state index in [4.69, 9.17) is 20.3 Å². The highest BCUT2D eigenvalue weighted by Gasteiger charge is 2.47. The number of pyridine rings is 2. The number of nitrogens with two attached hydrogens (primary N) is 1. The molecule has 5 rings (SSSR count). The third-order valence-corrected chi connectivity index (χ3v) is 6.91. The van der Waals surface area contributed by atoms with Gasteiger partial charge in [-0.3, -0.25) is 9.67 Å². The van der Waals surface area contributed by atoms with Crippen molar-refractivity contribution >= 4 is 11.9 Å². The van der Waals surface area contributed by atoms with Crippen LogP contribution in [0.25, 0.3) is 11.3 Å². The number of carbonyl (C=O) groups excluding carboxylic acids is 1. The Morgan fingerprint density at radius 2 is 1.84 bits per heavy atom. The Bertz CT molecular complexity index is 1330. The number of aromatic nitrogens is 4. The minimum atomic E-state index is -0.963. The number of anilines is 1. The van der Waals surface area contributed by atoms with Gasteiger partial charge >= 0.3 is 6.09 Å². The Morgan fingerprint density at radius 1 is 1.14 bits per heavy atom. The highest BCUT2D eigenvalue weighted by Crippen LogP contribution is 2.44. The molecule has 196 valence electrons. The van der Waals surface area contributed by atoms with Crippen molar-refractivity contribution in [3.8, 4) is 17.0 Å². The molecule has 2 aliphatic rings. The molecule has 0 bridgehead atoms. The molecule has 1 fully saturated rings. The Morgan fingerprint density at radius 3 is 2.54 bits per heavy atom. The van der Waals surface area contributed by atoms with Gasteiger partial charge < -0.3 is 20.1 Å². The second-order valence-corrected chi connectivity index (χ2v) is 10.7. The normalized spacial score (nSPS) is 19.8. The van der Waals surface area contributed by atoms with Gasteiger partial charge in [-0.2, -0.15) is 5.10 Å². The maximum Gasteiger partial charge on any atom is 0.410 e. The van der Waals surface area contributed by atoms with Crippen LogP contribution in [0.5, 0.6) is 5.75 Å². The van der Waals surface area contributed by atoms with Gasteiger partial charge in [-0.25, -0.2) is 18.6 Å². The molecule has 0 saturated carbocycles. The lowest BCUT2D eigenvalue weighted by molar-refractivity contribution is 0.0284. The van der Waals surface area contributed by atoms with Crippen LogP contribution in [-0.4, -0.2) is 49.4 Å². The van der Waals surface area contributed by atoms with Gasteiger partial charge in [-0.05, 0) is 52.7 Å². The average molecular weight is 513 g/mol. The topological polar surface area (TPSA) is 108 Å². The number of hydrogen-bond acceptors (Lipinski definition) is 7. The lowest BCUT2D eigenvalue weighted by Gasteiger charge is -2.26. The van der Waals surface area contributed by atoms with Crippen molar-refractivity contribution in [2.24, 2.45) is 0 Å². The zero-order chi connectivity index (χ0) is 26.5. The first-order valence-corrected chi connectivity index (χ1v) is 12.2. The summed E-state index contributed by atoms with van der Waals surface area (Å²) in [5, 5.41) is 4.76. The van der Waals surface area contributed by atoms with Crippen LogP contribution in [-0.2, 0) is 16.7 Å². The van der Waals surface area contributed by atoms with Gasteiger partial charge in [-0.1, -0.05) is 0 Å². The lowest BCUT2D eigenvalue weighted by Crippen LogP contribution is -2.37. The van der Waals surface area contributed by atoms with Gasteiger partial charge in [0.25, 0.3) is 0 Å². The summed E-state index contributed by atoms with van der Waals surface area (Å²) in [5.41, 5.74) is 7.43. The summed E-state index contributed by atoms with van der Waals surface area (Å²) in [6.07, 6.45) is 3.92. The summed E-state index contributed by atoms with van der Waals surface area (Å²) in [6, 6.07) is 3.68. The molecule has 0 radical (unpaired) electrons. The van der Waals surface area contributed by atoms with Crippen LogP contribution in [0.15, 0.2) is 30.7 Å². The minimum Gasteiger partial charge on any atom is -0.482 e. The second-order valence-electron chi connectivity index (χ2n) is 10.7. The Labute approximate surface area is 213 Å². The number of aryl methyl sites for hydroxylation is 1. The summed E-state index contributed by atoms with van der Waals surface area (Å²) in [6.45, 7) is 9.03. The summed E-state index contributed by atoms with van der Waals surface area (Å²) in [5.74, 6) is -1.32. The predicted octanol–water partition coefficient (Wildman–Crippen LogP) is 4.62. The molecule has 37 heavy (non-hydrogen) atoms. The van der Waals surface area contributed by atoms with E-state index < -0.39 is 23.3 Å². The number of carbonyl (C=O) groups is 1. The predicted molar refractivity (Wildman–Crippen MR) is 132 cm³/mol. The smallest absolute Gasteiger partial charge is 0.410 e. The van der Waals surface area contributed by atoms with Crippen molar-refractivity contribution in [1.29, 1.82) is 0 Å². The van der Waals surface area contributed by atoms with E-state index in [9.17, 15) is 13.6 Å². The van der Waals surface area contributed by atoms with Crippen LogP contribution in [0.3, 0.4) is 0 Å². The van der Waals surface area contributed by atoms with Gasteiger partial charge in [0.2, 0.25) is 0 Å². The standard InChI is InChI=1S/C26H30F2N6O3/c1-15(22-17(27)12-30-13-18(22)28)36-20-9-16(11-31-23(20)29)19-10-21-26(6-8-34(21)32-19)5-7-33(14-26)24(35)37-25(2,3)4/h9-13,15H,5-8,14H2,1-4H3,(H2,29,31)/t15-,26-/m1/s1. The van der Waals surface area contributed by atoms with Crippen molar-refractivity contribution in [3.63, 3.8) is 0 Å². The number of ether oxygens (including phenoxy) is 2. The Kier molecular flexibility index (Phi) is 6.04. The van der Waals surface area contributed by atoms with Crippen LogP contribution in [0.1, 0.15) is 57.9 Å². The van der Waals surface area contributed by atoms with E-state index in [0.29, 0.717) is 24.3 Å². The van der Waals surface area contributed by atoms with Crippen molar-refractivity contribution in [2.75, 3.05) is 18.8 Å². The number of hydrogen-bond donors (Lipinski definition) is 1. The fourth-order valence-electron chi connectivity index (χ4n) is 5.12. The van der Waals surface area contributed by atoms with Gasteiger partial charge in [0.15, 0.2) is 23.2 Å². The molecule has 5 heterocycles. The zero-order valence-electron chi connectivity index (χ0n) is 21.3. The lowest BCUT2D eigenvalue weighted by atomic mass is 9.82. The number of amides is 1. The van der Waals surface area contributed by atoms with Gasteiger partial charge in [0.1, 0.15) is 11.7 Å². The maximum absolute atomic E-state index is 14.2. The van der Waals surface area contributed by atoms with E-state index in [0.717, 1.165) is 37.5 Å². The molecular weight excluding hydrogens is 482 g/mol. The largest absolute Gasteiger partial charge is 0.482 e. The minimum absolute atomic E-state index is 0.0949. The van der Waals surface area contributed by atoms with Crippen molar-refractivity contribution in [1.82, 2.24) is 24.6 Å². The number of rotatable bonds is 4. The molecule has 9 nitrogen and oxygen atoms in total. The van der Waals surface area contributed by atoms with E-state index in [1.54, 1.807) is 17.2 Å². The summed E-state index contributed by atoms with van der Waals surface area (Å²) in [7, 11) is 0. The molecule has 0 unspecified atom stereocenters. The van der Waals surface area contributed by atoms with Gasteiger partial charge in [0.05, 0.1) is 23.7 Å². The van der Waals surface area contributed by atoms with Gasteiger partial charge in [-0.15, -0.1) is 0 Å². The zero-order valence-corrected chi connectivity index (χ0v) is 21.3. The van der Waals surface area contributed by atoms with Crippen molar-refractivity contribution in [2.45, 2.75) is 64.2 Å².